The van der Waals surface area contributed by atoms with Gasteiger partial charge in [0.1, 0.15) is 18.2 Å². The van der Waals surface area contributed by atoms with Crippen molar-refractivity contribution in [2.45, 2.75) is 92.9 Å². The van der Waals surface area contributed by atoms with Gasteiger partial charge in [0.25, 0.3) is 0 Å². The van der Waals surface area contributed by atoms with Gasteiger partial charge in [0.15, 0.2) is 0 Å². The largest absolute Gasteiger partial charge is 0.507 e. The van der Waals surface area contributed by atoms with Crippen LogP contribution in [0.4, 0.5) is 0 Å². The average molecular weight is 479 g/mol. The van der Waals surface area contributed by atoms with E-state index >= 15 is 0 Å². The minimum atomic E-state index is -0.166. The Morgan fingerprint density at radius 1 is 0.657 bits per heavy atom. The highest BCUT2D eigenvalue weighted by atomic mass is 16.3. The Morgan fingerprint density at radius 3 is 1.29 bits per heavy atom. The molecule has 2 aromatic carbocycles. The minimum Gasteiger partial charge on any atom is -0.507 e. The van der Waals surface area contributed by atoms with Crippen molar-refractivity contribution in [1.29, 1.82) is 0 Å². The van der Waals surface area contributed by atoms with E-state index in [9.17, 15) is 10.2 Å². The second kappa shape index (κ2) is 11.4. The summed E-state index contributed by atoms with van der Waals surface area (Å²) in [7, 11) is 0. The molecule has 2 rings (SSSR count). The smallest absolute Gasteiger partial charge is 0.129 e. The Balaban J connectivity index is 2.32. The number of hydrogen-bond donors (Lipinski definition) is 2. The summed E-state index contributed by atoms with van der Waals surface area (Å²) in [5, 5.41) is 21.8. The molecule has 0 aliphatic heterocycles. The van der Waals surface area contributed by atoms with Gasteiger partial charge in [0, 0.05) is 34.7 Å². The van der Waals surface area contributed by atoms with E-state index in [0.29, 0.717) is 11.8 Å². The number of benzene rings is 2. The summed E-state index contributed by atoms with van der Waals surface area (Å²) < 4.78 is 0. The molecule has 0 saturated heterocycles. The molecule has 0 bridgehead atoms. The SMILES string of the molecule is CC(C)Cc1cc(C=NCN=Cc2cc(CC(C)C)cc(C(C)(C)C)c2O)c(O)c(C(C)(C)C)c1. The lowest BCUT2D eigenvalue weighted by atomic mass is 9.83. The Labute approximate surface area is 213 Å². The second-order valence-corrected chi connectivity index (χ2v) is 12.6. The summed E-state index contributed by atoms with van der Waals surface area (Å²) in [6.07, 6.45) is 5.32. The van der Waals surface area contributed by atoms with Crippen molar-refractivity contribution < 1.29 is 10.2 Å². The van der Waals surface area contributed by atoms with E-state index in [0.717, 1.165) is 35.1 Å². The maximum Gasteiger partial charge on any atom is 0.129 e. The van der Waals surface area contributed by atoms with Crippen molar-refractivity contribution in [1.82, 2.24) is 0 Å². The molecule has 0 spiro atoms. The molecule has 0 radical (unpaired) electrons. The summed E-state index contributed by atoms with van der Waals surface area (Å²) >= 11 is 0. The zero-order valence-electron chi connectivity index (χ0n) is 23.5. The molecule has 0 fully saturated rings. The fraction of sp³-hybridized carbons (Fsp3) is 0.548. The van der Waals surface area contributed by atoms with E-state index in [1.165, 1.54) is 11.1 Å². The first-order valence-corrected chi connectivity index (χ1v) is 12.8. The van der Waals surface area contributed by atoms with Gasteiger partial charge in [0.05, 0.1) is 0 Å². The summed E-state index contributed by atoms with van der Waals surface area (Å²) in [5.74, 6) is 1.62. The zero-order chi connectivity index (χ0) is 26.6. The molecule has 0 unspecified atom stereocenters. The zero-order valence-corrected chi connectivity index (χ0v) is 23.5. The number of nitrogens with zero attached hydrogens (tertiary/aromatic N) is 2. The van der Waals surface area contributed by atoms with Gasteiger partial charge in [-0.3, -0.25) is 9.98 Å². The molecule has 0 aliphatic carbocycles. The van der Waals surface area contributed by atoms with E-state index in [4.69, 9.17) is 0 Å². The molecule has 4 nitrogen and oxygen atoms in total. The number of phenols is 2. The first kappa shape index (κ1) is 28.6. The van der Waals surface area contributed by atoms with E-state index < -0.39 is 0 Å². The molecule has 2 aromatic rings. The van der Waals surface area contributed by atoms with Gasteiger partial charge in [-0.2, -0.15) is 0 Å². The number of rotatable bonds is 8. The Hall–Kier alpha value is -2.62. The van der Waals surface area contributed by atoms with Crippen molar-refractivity contribution in [2.75, 3.05) is 6.67 Å². The van der Waals surface area contributed by atoms with Gasteiger partial charge in [-0.05, 0) is 58.8 Å². The van der Waals surface area contributed by atoms with Crippen LogP contribution in [0.1, 0.15) is 103 Å². The van der Waals surface area contributed by atoms with Crippen LogP contribution in [0.3, 0.4) is 0 Å². The maximum absolute atomic E-state index is 10.9. The van der Waals surface area contributed by atoms with Crippen molar-refractivity contribution in [3.05, 3.63) is 57.6 Å². The lowest BCUT2D eigenvalue weighted by molar-refractivity contribution is 0.444. The van der Waals surface area contributed by atoms with E-state index in [1.54, 1.807) is 12.4 Å². The van der Waals surface area contributed by atoms with Crippen LogP contribution in [0.15, 0.2) is 34.3 Å². The highest BCUT2D eigenvalue weighted by Gasteiger charge is 2.22. The fourth-order valence-corrected chi connectivity index (χ4v) is 4.28. The van der Waals surface area contributed by atoms with Crippen LogP contribution in [0.2, 0.25) is 0 Å². The molecule has 0 saturated carbocycles. The Bertz CT molecular complexity index is 979. The predicted octanol–water partition coefficient (Wildman–Crippen LogP) is 7.59. The van der Waals surface area contributed by atoms with Crippen LogP contribution in [0.5, 0.6) is 11.5 Å². The topological polar surface area (TPSA) is 65.2 Å². The van der Waals surface area contributed by atoms with E-state index in [2.05, 4.69) is 91.4 Å². The Kier molecular flexibility index (Phi) is 9.33. The molecular formula is C31H46N2O2. The van der Waals surface area contributed by atoms with Gasteiger partial charge in [-0.25, -0.2) is 0 Å². The van der Waals surface area contributed by atoms with Crippen LogP contribution >= 0.6 is 0 Å². The second-order valence-electron chi connectivity index (χ2n) is 12.6. The highest BCUT2D eigenvalue weighted by molar-refractivity contribution is 5.86. The van der Waals surface area contributed by atoms with Crippen LogP contribution in [0.25, 0.3) is 0 Å². The lowest BCUT2D eigenvalue weighted by Gasteiger charge is -2.23. The van der Waals surface area contributed by atoms with Crippen LogP contribution in [-0.4, -0.2) is 29.3 Å². The quantitative estimate of drug-likeness (QED) is 0.384. The molecule has 192 valence electrons. The van der Waals surface area contributed by atoms with Gasteiger partial charge < -0.3 is 10.2 Å². The minimum absolute atomic E-state index is 0.166. The molecule has 0 atom stereocenters. The lowest BCUT2D eigenvalue weighted by Crippen LogP contribution is -2.13. The van der Waals surface area contributed by atoms with Gasteiger partial charge in [-0.1, -0.05) is 81.4 Å². The molecule has 35 heavy (non-hydrogen) atoms. The standard InChI is InChI=1S/C31H46N2O2/c1-20(2)11-22-13-24(28(34)26(15-22)30(5,6)7)17-32-19-33-18-25-14-23(12-21(3)4)16-27(29(25)35)31(8,9)10/h13-18,20-21,34-35H,11-12,19H2,1-10H3. The molecule has 0 aromatic heterocycles. The third-order valence-corrected chi connectivity index (χ3v) is 5.93. The molecule has 2 N–H and O–H groups in total. The van der Waals surface area contributed by atoms with Crippen molar-refractivity contribution >= 4 is 12.4 Å². The fourth-order valence-electron chi connectivity index (χ4n) is 4.28. The van der Waals surface area contributed by atoms with Crippen molar-refractivity contribution in [3.63, 3.8) is 0 Å². The molecule has 0 amide bonds. The maximum atomic E-state index is 10.9. The number of phenolic OH excluding ortho intramolecular Hbond substituents is 2. The highest BCUT2D eigenvalue weighted by Crippen LogP contribution is 2.35. The summed E-state index contributed by atoms with van der Waals surface area (Å²) in [5.41, 5.74) is 5.38. The molecule has 0 aliphatic rings. The molecule has 0 heterocycles. The summed E-state index contributed by atoms with van der Waals surface area (Å²) in [6.45, 7) is 21.7. The van der Waals surface area contributed by atoms with Crippen LogP contribution < -0.4 is 0 Å². The predicted molar refractivity (Wildman–Crippen MR) is 151 cm³/mol. The van der Waals surface area contributed by atoms with Gasteiger partial charge >= 0.3 is 0 Å². The van der Waals surface area contributed by atoms with Crippen molar-refractivity contribution in [3.8, 4) is 11.5 Å². The molecular weight excluding hydrogens is 432 g/mol. The Morgan fingerprint density at radius 2 is 1.00 bits per heavy atom. The van der Waals surface area contributed by atoms with Gasteiger partial charge in [-0.15, -0.1) is 0 Å². The first-order chi connectivity index (χ1) is 16.1. The normalized spacial score (nSPS) is 13.1. The summed E-state index contributed by atoms with van der Waals surface area (Å²) in [4.78, 5) is 8.94. The first-order valence-electron chi connectivity index (χ1n) is 12.8. The molecule has 4 heteroatoms. The van der Waals surface area contributed by atoms with E-state index in [1.807, 2.05) is 12.1 Å². The number of aromatic hydroxyl groups is 2. The van der Waals surface area contributed by atoms with Gasteiger partial charge in [0.2, 0.25) is 0 Å². The van der Waals surface area contributed by atoms with Crippen LogP contribution in [0, 0.1) is 11.8 Å². The van der Waals surface area contributed by atoms with Crippen LogP contribution in [-0.2, 0) is 23.7 Å². The average Bonchev–Trinajstić information content (AvgIpc) is 2.69. The third kappa shape index (κ3) is 8.23. The van der Waals surface area contributed by atoms with E-state index in [-0.39, 0.29) is 29.0 Å². The number of hydrogen-bond acceptors (Lipinski definition) is 4. The third-order valence-electron chi connectivity index (χ3n) is 5.93. The van der Waals surface area contributed by atoms with Crippen molar-refractivity contribution in [2.24, 2.45) is 21.8 Å². The monoisotopic (exact) mass is 478 g/mol. The number of aliphatic imine (C=N–C) groups is 2. The summed E-state index contributed by atoms with van der Waals surface area (Å²) in [6, 6.07) is 8.28.